The quantitative estimate of drug-likeness (QED) is 0.0697. The summed E-state index contributed by atoms with van der Waals surface area (Å²) in [6, 6.07) is 19.3. The van der Waals surface area contributed by atoms with Gasteiger partial charge in [-0.3, -0.25) is 14.5 Å². The molecule has 0 spiro atoms. The van der Waals surface area contributed by atoms with Gasteiger partial charge in [-0.25, -0.2) is 0 Å². The highest BCUT2D eigenvalue weighted by Crippen LogP contribution is 2.45. The Morgan fingerprint density at radius 1 is 0.935 bits per heavy atom. The largest absolute Gasteiger partial charge is 0.494 e. The number of rotatable bonds is 17. The number of hydrogen-bond donors (Lipinski definition) is 2. The van der Waals surface area contributed by atoms with E-state index >= 15 is 0 Å². The number of pyridine rings is 1. The number of halogens is 2. The Morgan fingerprint density at radius 3 is 2.35 bits per heavy atom. The maximum absolute atomic E-state index is 13.5. The van der Waals surface area contributed by atoms with Gasteiger partial charge in [-0.1, -0.05) is 40.9 Å². The number of carbonyl (C=O) groups excluding carboxylic acids is 1. The third-order valence-electron chi connectivity index (χ3n) is 12.5. The fourth-order valence-electron chi connectivity index (χ4n) is 9.56. The van der Waals surface area contributed by atoms with E-state index in [1.54, 1.807) is 6.92 Å². The molecule has 0 radical (unpaired) electrons. The molecule has 0 bridgehead atoms. The number of aryl methyl sites for hydroxylation is 5. The monoisotopic (exact) mass is 875 g/mol. The van der Waals surface area contributed by atoms with E-state index in [4.69, 9.17) is 38.0 Å². The maximum atomic E-state index is 13.5. The third kappa shape index (κ3) is 9.85. The number of fused-ring (bicyclic) bond motifs is 1. The molecule has 2 N–H and O–H groups in total. The molecule has 1 unspecified atom stereocenters. The fourth-order valence-corrected chi connectivity index (χ4v) is 9.92. The van der Waals surface area contributed by atoms with Gasteiger partial charge in [0.05, 0.1) is 40.8 Å². The molecule has 7 rings (SSSR count). The Hall–Kier alpha value is -4.83. The van der Waals surface area contributed by atoms with Gasteiger partial charge in [-0.15, -0.1) is 0 Å². The summed E-state index contributed by atoms with van der Waals surface area (Å²) in [6.45, 7) is 18.1. The van der Waals surface area contributed by atoms with E-state index in [0.717, 1.165) is 111 Å². The van der Waals surface area contributed by atoms with Crippen molar-refractivity contribution in [2.24, 2.45) is 7.05 Å². The minimum Gasteiger partial charge on any atom is -0.494 e. The van der Waals surface area contributed by atoms with Crippen LogP contribution in [-0.2, 0) is 20.0 Å². The first-order valence-corrected chi connectivity index (χ1v) is 23.0. The van der Waals surface area contributed by atoms with Crippen LogP contribution in [-0.4, -0.2) is 64.4 Å². The second kappa shape index (κ2) is 19.7. The summed E-state index contributed by atoms with van der Waals surface area (Å²) in [6.07, 6.45) is 7.96. The summed E-state index contributed by atoms with van der Waals surface area (Å²) in [5.41, 5.74) is 14.5. The van der Waals surface area contributed by atoms with Gasteiger partial charge in [-0.05, 0) is 158 Å². The van der Waals surface area contributed by atoms with Gasteiger partial charge in [0.1, 0.15) is 5.75 Å². The number of ether oxygens (including phenoxy) is 1. The van der Waals surface area contributed by atoms with Crippen LogP contribution in [0, 0.1) is 34.6 Å². The molecule has 1 aliphatic heterocycles. The Bertz CT molecular complexity index is 2550. The number of benzene rings is 3. The molecule has 62 heavy (non-hydrogen) atoms. The van der Waals surface area contributed by atoms with Crippen molar-refractivity contribution in [3.8, 4) is 16.9 Å². The lowest BCUT2D eigenvalue weighted by atomic mass is 9.84. The van der Waals surface area contributed by atoms with Crippen molar-refractivity contribution in [2.75, 3.05) is 43.5 Å². The van der Waals surface area contributed by atoms with Gasteiger partial charge in [0.25, 0.3) is 0 Å². The number of ketones is 1. The Balaban J connectivity index is 1.35. The van der Waals surface area contributed by atoms with Crippen molar-refractivity contribution in [3.63, 3.8) is 0 Å². The average Bonchev–Trinajstić information content (AvgIpc) is 3.72. The van der Waals surface area contributed by atoms with Crippen LogP contribution in [0.5, 0.6) is 5.75 Å². The molecule has 1 fully saturated rings. The van der Waals surface area contributed by atoms with E-state index in [1.165, 1.54) is 36.1 Å². The third-order valence-corrected chi connectivity index (χ3v) is 13.5. The zero-order valence-electron chi connectivity index (χ0n) is 38.0. The number of anilines is 2. The smallest absolute Gasteiger partial charge is 0.176 e. The number of carbonyl (C=O) groups is 1. The molecule has 0 aliphatic carbocycles. The van der Waals surface area contributed by atoms with Crippen molar-refractivity contribution in [1.29, 1.82) is 0 Å². The molecule has 3 aromatic heterocycles. The number of nitrogens with zero attached hydrogens (tertiary/aromatic N) is 5. The maximum Gasteiger partial charge on any atom is 0.176 e. The van der Waals surface area contributed by atoms with Crippen molar-refractivity contribution in [2.45, 2.75) is 105 Å². The molecule has 1 saturated heterocycles. The van der Waals surface area contributed by atoms with E-state index < -0.39 is 0 Å². The van der Waals surface area contributed by atoms with Crippen LogP contribution in [0.3, 0.4) is 0 Å². The standard InChI is InChI=1S/C51H63Cl2N7O2/c1-31-22-39(51-40(23-31)27-46(37(7)61)60(51)30-41-28-42(17-18-55-41)59-19-11-10-12-20-59)26-38(14-13-21-62-43-24-32(2)49(53)33(3)25-43)44-15-16-45(52)48(50(44)56-34(4)29-54-8)47-35(5)57-58(9)36(47)6/h15-18,22-25,27-28,34,38,54,56H,10-14,19-21,26,29-30H2,1-9H3/t34-,38?/m1/s1. The Labute approximate surface area is 378 Å². The zero-order valence-corrected chi connectivity index (χ0v) is 39.5. The lowest BCUT2D eigenvalue weighted by Gasteiger charge is -2.29. The van der Waals surface area contributed by atoms with Crippen LogP contribution in [0.15, 0.2) is 60.8 Å². The lowest BCUT2D eigenvalue weighted by molar-refractivity contribution is 0.101. The van der Waals surface area contributed by atoms with Gasteiger partial charge in [-0.2, -0.15) is 5.10 Å². The van der Waals surface area contributed by atoms with Crippen LogP contribution < -0.4 is 20.3 Å². The SMILES string of the molecule is CNC[C@@H](C)Nc1c(C(CCCOc2cc(C)c(Cl)c(C)c2)Cc2cc(C)cc3cc(C(C)=O)n(Cc4cc(N5CCCCC5)ccn4)c23)ccc(Cl)c1-c1c(C)nn(C)c1C. The summed E-state index contributed by atoms with van der Waals surface area (Å²) in [5.74, 6) is 0.904. The summed E-state index contributed by atoms with van der Waals surface area (Å²) in [4.78, 5) is 20.8. The number of piperidine rings is 1. The summed E-state index contributed by atoms with van der Waals surface area (Å²) < 4.78 is 10.6. The van der Waals surface area contributed by atoms with Gasteiger partial charge in [0.2, 0.25) is 0 Å². The number of Topliss-reactive ketones (excluding diaryl/α,β-unsaturated/α-hetero) is 1. The highest BCUT2D eigenvalue weighted by Gasteiger charge is 2.27. The summed E-state index contributed by atoms with van der Waals surface area (Å²) in [7, 11) is 3.96. The summed E-state index contributed by atoms with van der Waals surface area (Å²) >= 11 is 13.8. The average molecular weight is 877 g/mol. The number of aromatic nitrogens is 4. The minimum atomic E-state index is 0.0351. The van der Waals surface area contributed by atoms with E-state index in [1.807, 2.05) is 51.0 Å². The van der Waals surface area contributed by atoms with Gasteiger partial charge < -0.3 is 24.8 Å². The molecule has 328 valence electrons. The van der Waals surface area contributed by atoms with Crippen LogP contribution >= 0.6 is 23.2 Å². The first-order valence-electron chi connectivity index (χ1n) is 22.2. The summed E-state index contributed by atoms with van der Waals surface area (Å²) in [5, 5.41) is 14.6. The highest BCUT2D eigenvalue weighted by atomic mass is 35.5. The second-order valence-electron chi connectivity index (χ2n) is 17.5. The minimum absolute atomic E-state index is 0.0351. The number of hydrogen-bond acceptors (Lipinski definition) is 7. The van der Waals surface area contributed by atoms with Gasteiger partial charge >= 0.3 is 0 Å². The Morgan fingerprint density at radius 2 is 1.68 bits per heavy atom. The normalized spacial score (nSPS) is 14.1. The number of likely N-dealkylation sites (N-methyl/N-ethyl adjacent to an activating group) is 1. The van der Waals surface area contributed by atoms with Crippen LogP contribution in [0.2, 0.25) is 10.0 Å². The van der Waals surface area contributed by atoms with Gasteiger partial charge in [0.15, 0.2) is 5.78 Å². The van der Waals surface area contributed by atoms with Crippen LogP contribution in [0.1, 0.15) is 107 Å². The van der Waals surface area contributed by atoms with Crippen LogP contribution in [0.4, 0.5) is 11.4 Å². The van der Waals surface area contributed by atoms with Crippen molar-refractivity contribution in [1.82, 2.24) is 24.6 Å². The Kier molecular flexibility index (Phi) is 14.4. The molecule has 3 aromatic carbocycles. The molecule has 1 aliphatic rings. The highest BCUT2D eigenvalue weighted by molar-refractivity contribution is 6.34. The topological polar surface area (TPSA) is 89.2 Å². The van der Waals surface area contributed by atoms with Crippen molar-refractivity contribution >= 4 is 51.3 Å². The van der Waals surface area contributed by atoms with Gasteiger partial charge in [0, 0.05) is 84.4 Å². The van der Waals surface area contributed by atoms with Crippen molar-refractivity contribution in [3.05, 3.63) is 121 Å². The van der Waals surface area contributed by atoms with Crippen molar-refractivity contribution < 1.29 is 9.53 Å². The van der Waals surface area contributed by atoms with E-state index in [-0.39, 0.29) is 17.7 Å². The molecule has 0 saturated carbocycles. The zero-order chi connectivity index (χ0) is 44.2. The molecular formula is C51H63Cl2N7O2. The molecule has 0 amide bonds. The van der Waals surface area contributed by atoms with E-state index in [2.05, 4.69) is 90.3 Å². The van der Waals surface area contributed by atoms with Crippen LogP contribution in [0.25, 0.3) is 22.0 Å². The molecule has 2 atom stereocenters. The molecule has 9 nitrogen and oxygen atoms in total. The molecule has 6 aromatic rings. The van der Waals surface area contributed by atoms with E-state index in [0.29, 0.717) is 23.9 Å². The molecule has 4 heterocycles. The lowest BCUT2D eigenvalue weighted by Crippen LogP contribution is -2.29. The van der Waals surface area contributed by atoms with E-state index in [9.17, 15) is 4.79 Å². The fraction of sp³-hybridized carbons (Fsp3) is 0.431. The molecule has 11 heteroatoms. The predicted octanol–water partition coefficient (Wildman–Crippen LogP) is 11.7. The predicted molar refractivity (Wildman–Crippen MR) is 258 cm³/mol. The second-order valence-corrected chi connectivity index (χ2v) is 18.3. The molecular weight excluding hydrogens is 814 g/mol. The first-order chi connectivity index (χ1) is 29.7. The number of nitrogens with one attached hydrogen (secondary N) is 2. The first kappa shape index (κ1) is 45.2.